The molecule has 0 saturated carbocycles. The van der Waals surface area contributed by atoms with Gasteiger partial charge in [0.2, 0.25) is 0 Å². The van der Waals surface area contributed by atoms with Gasteiger partial charge >= 0.3 is 6.61 Å². The lowest BCUT2D eigenvalue weighted by molar-refractivity contribution is -0.0498. The van der Waals surface area contributed by atoms with Crippen LogP contribution in [0.2, 0.25) is 0 Å². The molecule has 4 aromatic rings. The van der Waals surface area contributed by atoms with Gasteiger partial charge in [0, 0.05) is 5.56 Å². The molecule has 0 spiro atoms. The fourth-order valence-electron chi connectivity index (χ4n) is 3.05. The van der Waals surface area contributed by atoms with Crippen LogP contribution in [0.25, 0.3) is 16.6 Å². The number of fused-ring (bicyclic) bond motifs is 1. The standard InChI is InChI=1S/C23H16F2N2O3S/c24-22(25)30-17-12-10-16(11-13-17)27-21(29)18-8-4-5-9-19(18)26-23(27)31-14-20(28)15-6-2-1-3-7-15/h1-13,22H,14H2. The zero-order chi connectivity index (χ0) is 21.8. The number of ketones is 1. The van der Waals surface area contributed by atoms with Gasteiger partial charge in [0.25, 0.3) is 5.56 Å². The molecule has 31 heavy (non-hydrogen) atoms. The lowest BCUT2D eigenvalue weighted by atomic mass is 10.2. The second kappa shape index (κ2) is 9.09. The second-order valence-corrected chi connectivity index (χ2v) is 7.44. The maximum absolute atomic E-state index is 13.2. The Kier molecular flexibility index (Phi) is 6.08. The summed E-state index contributed by atoms with van der Waals surface area (Å²) in [5, 5.41) is 0.740. The van der Waals surface area contributed by atoms with E-state index in [0.717, 1.165) is 11.8 Å². The normalized spacial score (nSPS) is 11.1. The molecule has 0 radical (unpaired) electrons. The number of alkyl halides is 2. The van der Waals surface area contributed by atoms with E-state index in [1.165, 1.54) is 28.8 Å². The van der Waals surface area contributed by atoms with E-state index in [1.54, 1.807) is 48.5 Å². The van der Waals surface area contributed by atoms with E-state index in [4.69, 9.17) is 0 Å². The molecule has 0 aliphatic carbocycles. The number of rotatable bonds is 7. The number of hydrogen-bond donors (Lipinski definition) is 0. The molecular formula is C23H16F2N2O3S. The van der Waals surface area contributed by atoms with E-state index in [-0.39, 0.29) is 22.8 Å². The lowest BCUT2D eigenvalue weighted by Gasteiger charge is -2.13. The van der Waals surface area contributed by atoms with Crippen molar-refractivity contribution in [2.24, 2.45) is 0 Å². The van der Waals surface area contributed by atoms with Crippen LogP contribution in [0.5, 0.6) is 5.75 Å². The first-order valence-electron chi connectivity index (χ1n) is 9.31. The minimum Gasteiger partial charge on any atom is -0.435 e. The Morgan fingerprint density at radius 2 is 1.65 bits per heavy atom. The average molecular weight is 438 g/mol. The number of nitrogens with zero attached hydrogens (tertiary/aromatic N) is 2. The third kappa shape index (κ3) is 4.64. The van der Waals surface area contributed by atoms with Crippen molar-refractivity contribution >= 4 is 28.4 Å². The minimum atomic E-state index is -2.94. The maximum atomic E-state index is 13.2. The highest BCUT2D eigenvalue weighted by Gasteiger charge is 2.16. The topological polar surface area (TPSA) is 61.2 Å². The number of benzene rings is 3. The highest BCUT2D eigenvalue weighted by atomic mass is 32.2. The third-order valence-electron chi connectivity index (χ3n) is 4.49. The Bertz CT molecular complexity index is 1280. The van der Waals surface area contributed by atoms with Gasteiger partial charge in [-0.2, -0.15) is 8.78 Å². The molecule has 0 aliphatic heterocycles. The Hall–Kier alpha value is -3.52. The van der Waals surface area contributed by atoms with Crippen molar-refractivity contribution in [2.75, 3.05) is 5.75 Å². The van der Waals surface area contributed by atoms with E-state index in [1.807, 2.05) is 6.07 Å². The molecule has 0 aliphatic rings. The van der Waals surface area contributed by atoms with Crippen LogP contribution in [-0.2, 0) is 0 Å². The largest absolute Gasteiger partial charge is 0.435 e. The van der Waals surface area contributed by atoms with E-state index in [2.05, 4.69) is 9.72 Å². The van der Waals surface area contributed by atoms with E-state index >= 15 is 0 Å². The Balaban J connectivity index is 1.73. The molecule has 0 fully saturated rings. The zero-order valence-corrected chi connectivity index (χ0v) is 16.9. The predicted molar refractivity (Wildman–Crippen MR) is 115 cm³/mol. The molecule has 1 aromatic heterocycles. The highest BCUT2D eigenvalue weighted by molar-refractivity contribution is 7.99. The number of aromatic nitrogens is 2. The Labute approximate surface area is 180 Å². The van der Waals surface area contributed by atoms with Crippen molar-refractivity contribution in [3.05, 3.63) is 94.8 Å². The summed E-state index contributed by atoms with van der Waals surface area (Å²) in [7, 11) is 0. The molecule has 0 amide bonds. The van der Waals surface area contributed by atoms with Crippen LogP contribution >= 0.6 is 11.8 Å². The first kappa shape index (κ1) is 20.7. The molecule has 156 valence electrons. The number of carbonyl (C=O) groups excluding carboxylic acids is 1. The number of para-hydroxylation sites is 1. The highest BCUT2D eigenvalue weighted by Crippen LogP contribution is 2.24. The summed E-state index contributed by atoms with van der Waals surface area (Å²) in [5.74, 6) is -0.0317. The van der Waals surface area contributed by atoms with Crippen LogP contribution in [0.3, 0.4) is 0 Å². The zero-order valence-electron chi connectivity index (χ0n) is 16.1. The second-order valence-electron chi connectivity index (χ2n) is 6.50. The van der Waals surface area contributed by atoms with Gasteiger partial charge in [0.05, 0.1) is 22.3 Å². The van der Waals surface area contributed by atoms with Gasteiger partial charge in [-0.3, -0.25) is 14.2 Å². The molecule has 1 heterocycles. The number of ether oxygens (including phenoxy) is 1. The van der Waals surface area contributed by atoms with Crippen LogP contribution in [0.15, 0.2) is 88.8 Å². The molecular weight excluding hydrogens is 422 g/mol. The fourth-order valence-corrected chi connectivity index (χ4v) is 3.96. The lowest BCUT2D eigenvalue weighted by Crippen LogP contribution is -2.22. The third-order valence-corrected chi connectivity index (χ3v) is 5.43. The van der Waals surface area contributed by atoms with Crippen LogP contribution in [0.1, 0.15) is 10.4 Å². The summed E-state index contributed by atoms with van der Waals surface area (Å²) in [4.78, 5) is 30.3. The predicted octanol–water partition coefficient (Wildman–Crippen LogP) is 4.96. The summed E-state index contributed by atoms with van der Waals surface area (Å²) in [6, 6.07) is 21.5. The number of thioether (sulfide) groups is 1. The monoisotopic (exact) mass is 438 g/mol. The van der Waals surface area contributed by atoms with Crippen molar-refractivity contribution in [2.45, 2.75) is 11.8 Å². The maximum Gasteiger partial charge on any atom is 0.387 e. The summed E-state index contributed by atoms with van der Waals surface area (Å²) in [5.41, 5.74) is 1.19. The molecule has 0 atom stereocenters. The van der Waals surface area contributed by atoms with Crippen LogP contribution < -0.4 is 10.3 Å². The van der Waals surface area contributed by atoms with Crippen molar-refractivity contribution in [3.8, 4) is 11.4 Å². The van der Waals surface area contributed by atoms with Gasteiger partial charge in [0.1, 0.15) is 5.75 Å². The van der Waals surface area contributed by atoms with Gasteiger partial charge in [-0.25, -0.2) is 4.98 Å². The molecule has 0 unspecified atom stereocenters. The van der Waals surface area contributed by atoms with Gasteiger partial charge in [-0.1, -0.05) is 54.2 Å². The minimum absolute atomic E-state index is 0.0194. The fraction of sp³-hybridized carbons (Fsp3) is 0.0870. The Morgan fingerprint density at radius 3 is 2.35 bits per heavy atom. The number of Topliss-reactive ketones (excluding diaryl/α,β-unsaturated/α-hetero) is 1. The SMILES string of the molecule is O=C(CSc1nc2ccccc2c(=O)n1-c1ccc(OC(F)F)cc1)c1ccccc1. The van der Waals surface area contributed by atoms with Gasteiger partial charge in [0.15, 0.2) is 10.9 Å². The van der Waals surface area contributed by atoms with Gasteiger partial charge in [-0.05, 0) is 36.4 Å². The summed E-state index contributed by atoms with van der Waals surface area (Å²) >= 11 is 1.14. The van der Waals surface area contributed by atoms with Crippen molar-refractivity contribution < 1.29 is 18.3 Å². The quantitative estimate of drug-likeness (QED) is 0.232. The van der Waals surface area contributed by atoms with Gasteiger partial charge < -0.3 is 4.74 Å². The summed E-state index contributed by atoms with van der Waals surface area (Å²) in [6.07, 6.45) is 0. The number of hydrogen-bond acceptors (Lipinski definition) is 5. The molecule has 0 saturated heterocycles. The first-order valence-corrected chi connectivity index (χ1v) is 10.3. The molecule has 0 N–H and O–H groups in total. The molecule has 0 bridgehead atoms. The van der Waals surface area contributed by atoms with Crippen LogP contribution in [0.4, 0.5) is 8.78 Å². The average Bonchev–Trinajstić information content (AvgIpc) is 2.78. The molecule has 8 heteroatoms. The first-order chi connectivity index (χ1) is 15.0. The number of halogens is 2. The Morgan fingerprint density at radius 1 is 0.968 bits per heavy atom. The number of carbonyl (C=O) groups is 1. The van der Waals surface area contributed by atoms with Crippen LogP contribution in [-0.4, -0.2) is 27.7 Å². The molecule has 3 aromatic carbocycles. The molecule has 5 nitrogen and oxygen atoms in total. The summed E-state index contributed by atoms with van der Waals surface area (Å²) < 4.78 is 30.6. The van der Waals surface area contributed by atoms with E-state index < -0.39 is 6.61 Å². The smallest absolute Gasteiger partial charge is 0.387 e. The van der Waals surface area contributed by atoms with Crippen molar-refractivity contribution in [1.82, 2.24) is 9.55 Å². The van der Waals surface area contributed by atoms with Crippen molar-refractivity contribution in [1.29, 1.82) is 0 Å². The van der Waals surface area contributed by atoms with E-state index in [9.17, 15) is 18.4 Å². The van der Waals surface area contributed by atoms with Crippen molar-refractivity contribution in [3.63, 3.8) is 0 Å². The van der Waals surface area contributed by atoms with E-state index in [0.29, 0.717) is 27.3 Å². The van der Waals surface area contributed by atoms with Crippen LogP contribution in [0, 0.1) is 0 Å². The van der Waals surface area contributed by atoms with Gasteiger partial charge in [-0.15, -0.1) is 0 Å². The molecule has 4 rings (SSSR count). The summed E-state index contributed by atoms with van der Waals surface area (Å²) in [6.45, 7) is -2.94.